The van der Waals surface area contributed by atoms with Crippen molar-refractivity contribution in [3.05, 3.63) is 36.0 Å². The minimum atomic E-state index is -1.01. The SMILES string of the molecule is O=C1NCC[C@@]12Cc1cnc(Nc3ccc(N4CCN(C5CC5)CC4)cc3)nc1N(C1CCCC1)C2=O. The first-order chi connectivity index (χ1) is 18.1. The fourth-order valence-corrected chi connectivity index (χ4v) is 6.73. The number of carbonyl (C=O) groups is 2. The summed E-state index contributed by atoms with van der Waals surface area (Å²) in [6.07, 6.45) is 9.55. The van der Waals surface area contributed by atoms with Gasteiger partial charge in [-0.15, -0.1) is 0 Å². The molecule has 0 unspecified atom stereocenters. The number of rotatable bonds is 5. The highest BCUT2D eigenvalue weighted by Crippen LogP contribution is 2.44. The van der Waals surface area contributed by atoms with E-state index in [0.29, 0.717) is 31.2 Å². The van der Waals surface area contributed by atoms with Crippen LogP contribution in [0.2, 0.25) is 0 Å². The van der Waals surface area contributed by atoms with E-state index >= 15 is 0 Å². The van der Waals surface area contributed by atoms with E-state index in [-0.39, 0.29) is 17.9 Å². The fourth-order valence-electron chi connectivity index (χ4n) is 6.73. The maximum Gasteiger partial charge on any atom is 0.244 e. The molecule has 1 aromatic heterocycles. The Morgan fingerprint density at radius 1 is 0.946 bits per heavy atom. The number of benzene rings is 1. The third kappa shape index (κ3) is 4.04. The van der Waals surface area contributed by atoms with Crippen LogP contribution in [0.4, 0.5) is 23.1 Å². The molecule has 0 radical (unpaired) electrons. The number of anilines is 4. The summed E-state index contributed by atoms with van der Waals surface area (Å²) in [5, 5.41) is 6.23. The fraction of sp³-hybridized carbons (Fsp3) is 0.571. The van der Waals surface area contributed by atoms with Crippen LogP contribution in [0.3, 0.4) is 0 Å². The summed E-state index contributed by atoms with van der Waals surface area (Å²) in [6, 6.07) is 9.39. The van der Waals surface area contributed by atoms with Crippen LogP contribution in [0.5, 0.6) is 0 Å². The Morgan fingerprint density at radius 2 is 1.70 bits per heavy atom. The van der Waals surface area contributed by atoms with Gasteiger partial charge in [-0.3, -0.25) is 19.4 Å². The molecule has 2 saturated carbocycles. The van der Waals surface area contributed by atoms with Crippen LogP contribution in [0.15, 0.2) is 30.5 Å². The number of nitrogens with zero attached hydrogens (tertiary/aromatic N) is 5. The van der Waals surface area contributed by atoms with Gasteiger partial charge in [0, 0.05) is 74.4 Å². The van der Waals surface area contributed by atoms with E-state index in [4.69, 9.17) is 4.98 Å². The molecule has 1 aromatic carbocycles. The molecule has 2 saturated heterocycles. The van der Waals surface area contributed by atoms with Crippen molar-refractivity contribution in [1.82, 2.24) is 20.2 Å². The average molecular weight is 502 g/mol. The molecule has 3 aliphatic heterocycles. The predicted molar refractivity (Wildman–Crippen MR) is 142 cm³/mol. The van der Waals surface area contributed by atoms with Gasteiger partial charge in [0.25, 0.3) is 0 Å². The number of carbonyl (C=O) groups excluding carboxylic acids is 2. The average Bonchev–Trinajstić information content (AvgIpc) is 3.51. The van der Waals surface area contributed by atoms with E-state index in [9.17, 15) is 9.59 Å². The second-order valence-corrected chi connectivity index (χ2v) is 11.3. The number of amides is 2. The van der Waals surface area contributed by atoms with Crippen LogP contribution in [-0.4, -0.2) is 71.5 Å². The Morgan fingerprint density at radius 3 is 2.38 bits per heavy atom. The van der Waals surface area contributed by atoms with Crippen LogP contribution >= 0.6 is 0 Å². The maximum atomic E-state index is 13.8. The third-order valence-electron chi connectivity index (χ3n) is 9.02. The molecule has 9 nitrogen and oxygen atoms in total. The lowest BCUT2D eigenvalue weighted by molar-refractivity contribution is -0.140. The summed E-state index contributed by atoms with van der Waals surface area (Å²) in [6.45, 7) is 4.98. The van der Waals surface area contributed by atoms with Crippen molar-refractivity contribution >= 4 is 35.0 Å². The number of fused-ring (bicyclic) bond motifs is 1. The summed E-state index contributed by atoms with van der Waals surface area (Å²) in [5.74, 6) is 0.914. The van der Waals surface area contributed by atoms with Crippen molar-refractivity contribution in [1.29, 1.82) is 0 Å². The predicted octanol–water partition coefficient (Wildman–Crippen LogP) is 2.84. The summed E-state index contributed by atoms with van der Waals surface area (Å²) >= 11 is 0. The molecule has 0 bridgehead atoms. The van der Waals surface area contributed by atoms with Gasteiger partial charge in [-0.05, 0) is 56.4 Å². The normalized spacial score (nSPS) is 26.6. The monoisotopic (exact) mass is 501 g/mol. The molecule has 1 spiro atoms. The molecule has 4 heterocycles. The van der Waals surface area contributed by atoms with Gasteiger partial charge in [0.15, 0.2) is 0 Å². The molecule has 1 atom stereocenters. The molecule has 37 heavy (non-hydrogen) atoms. The van der Waals surface area contributed by atoms with Gasteiger partial charge in [0.05, 0.1) is 0 Å². The van der Waals surface area contributed by atoms with Gasteiger partial charge >= 0.3 is 0 Å². The quantitative estimate of drug-likeness (QED) is 0.609. The molecule has 194 valence electrons. The van der Waals surface area contributed by atoms with Crippen molar-refractivity contribution in [2.45, 2.75) is 63.5 Å². The zero-order valence-electron chi connectivity index (χ0n) is 21.3. The highest BCUT2D eigenvalue weighted by atomic mass is 16.2. The molecule has 2 amide bonds. The first-order valence-corrected chi connectivity index (χ1v) is 13.9. The Kier molecular flexibility index (Phi) is 5.57. The van der Waals surface area contributed by atoms with Crippen LogP contribution in [0.25, 0.3) is 0 Å². The molecular formula is C28H35N7O2. The van der Waals surface area contributed by atoms with Crippen LogP contribution in [0, 0.1) is 5.41 Å². The number of hydrogen-bond acceptors (Lipinski definition) is 7. The molecule has 4 fully saturated rings. The lowest BCUT2D eigenvalue weighted by Crippen LogP contribution is -2.56. The standard InChI is InChI=1S/C28H35N7O2/c36-25-28(11-12-29-25)17-19-18-30-27(32-24(19)35(26(28)37)23-3-1-2-4-23)31-20-5-7-21(8-6-20)33-13-15-34(16-14-33)22-9-10-22/h5-8,18,22-23H,1-4,9-17H2,(H,29,36)(H,30,31,32)/t28-/m1/s1. The van der Waals surface area contributed by atoms with Crippen molar-refractivity contribution in [3.8, 4) is 0 Å². The van der Waals surface area contributed by atoms with Gasteiger partial charge in [0.2, 0.25) is 17.8 Å². The highest BCUT2D eigenvalue weighted by Gasteiger charge is 2.56. The second-order valence-electron chi connectivity index (χ2n) is 11.3. The maximum absolute atomic E-state index is 13.8. The molecule has 5 aliphatic rings. The number of piperazine rings is 1. The number of nitrogens with one attached hydrogen (secondary N) is 2. The Labute approximate surface area is 217 Å². The van der Waals surface area contributed by atoms with Gasteiger partial charge in [-0.1, -0.05) is 12.8 Å². The summed E-state index contributed by atoms with van der Waals surface area (Å²) < 4.78 is 0. The lowest BCUT2D eigenvalue weighted by Gasteiger charge is -2.40. The van der Waals surface area contributed by atoms with E-state index in [0.717, 1.165) is 69.2 Å². The molecular weight excluding hydrogens is 466 g/mol. The third-order valence-corrected chi connectivity index (χ3v) is 9.02. The summed E-state index contributed by atoms with van der Waals surface area (Å²) in [7, 11) is 0. The Hall–Kier alpha value is -3.20. The molecule has 2 aliphatic carbocycles. The highest BCUT2D eigenvalue weighted by molar-refractivity contribution is 6.14. The van der Waals surface area contributed by atoms with Crippen LogP contribution < -0.4 is 20.4 Å². The zero-order chi connectivity index (χ0) is 25.0. The van der Waals surface area contributed by atoms with Crippen molar-refractivity contribution in [2.75, 3.05) is 47.8 Å². The smallest absolute Gasteiger partial charge is 0.244 e. The minimum Gasteiger partial charge on any atom is -0.369 e. The first-order valence-electron chi connectivity index (χ1n) is 13.9. The lowest BCUT2D eigenvalue weighted by atomic mass is 9.76. The van der Waals surface area contributed by atoms with Gasteiger partial charge in [0.1, 0.15) is 11.2 Å². The van der Waals surface area contributed by atoms with Crippen molar-refractivity contribution < 1.29 is 9.59 Å². The zero-order valence-corrected chi connectivity index (χ0v) is 21.3. The number of aromatic nitrogens is 2. The van der Waals surface area contributed by atoms with E-state index in [1.54, 1.807) is 6.20 Å². The van der Waals surface area contributed by atoms with Gasteiger partial charge in [-0.25, -0.2) is 4.98 Å². The Balaban J connectivity index is 1.10. The van der Waals surface area contributed by atoms with Crippen LogP contribution in [-0.2, 0) is 16.0 Å². The second kappa shape index (κ2) is 8.97. The van der Waals surface area contributed by atoms with E-state index in [2.05, 4.69) is 49.7 Å². The van der Waals surface area contributed by atoms with E-state index < -0.39 is 5.41 Å². The number of hydrogen-bond donors (Lipinski definition) is 2. The van der Waals surface area contributed by atoms with Crippen molar-refractivity contribution in [3.63, 3.8) is 0 Å². The molecule has 2 aromatic rings. The molecule has 2 N–H and O–H groups in total. The largest absolute Gasteiger partial charge is 0.369 e. The first kappa shape index (κ1) is 23.0. The van der Waals surface area contributed by atoms with Crippen molar-refractivity contribution in [2.24, 2.45) is 5.41 Å². The molecule has 9 heteroatoms. The van der Waals surface area contributed by atoms with E-state index in [1.165, 1.54) is 18.5 Å². The Bertz CT molecular complexity index is 1200. The minimum absolute atomic E-state index is 0.0855. The van der Waals surface area contributed by atoms with E-state index in [1.807, 2.05) is 4.90 Å². The molecule has 7 rings (SSSR count). The topological polar surface area (TPSA) is 93.7 Å². The summed E-state index contributed by atoms with van der Waals surface area (Å²) in [4.78, 5) is 43.0. The van der Waals surface area contributed by atoms with Gasteiger partial charge in [-0.2, -0.15) is 4.98 Å². The van der Waals surface area contributed by atoms with Crippen LogP contribution in [0.1, 0.15) is 50.5 Å². The summed E-state index contributed by atoms with van der Waals surface area (Å²) in [5.41, 5.74) is 2.04. The van der Waals surface area contributed by atoms with Gasteiger partial charge < -0.3 is 15.5 Å².